The lowest BCUT2D eigenvalue weighted by molar-refractivity contribution is 0.545. The van der Waals surface area contributed by atoms with Crippen LogP contribution in [0.5, 0.6) is 0 Å². The molecular weight excluding hydrogens is 256 g/mol. The van der Waals surface area contributed by atoms with Gasteiger partial charge in [0.05, 0.1) is 5.38 Å². The van der Waals surface area contributed by atoms with Crippen molar-refractivity contribution < 1.29 is 8.78 Å². The highest BCUT2D eigenvalue weighted by molar-refractivity contribution is 6.21. The summed E-state index contributed by atoms with van der Waals surface area (Å²) in [5.41, 5.74) is 1.01. The van der Waals surface area contributed by atoms with E-state index in [1.807, 2.05) is 6.07 Å². The van der Waals surface area contributed by atoms with E-state index in [4.69, 9.17) is 11.6 Å². The van der Waals surface area contributed by atoms with Gasteiger partial charge in [0.25, 0.3) is 0 Å². The lowest BCUT2D eigenvalue weighted by atomic mass is 10.0. The van der Waals surface area contributed by atoms with E-state index in [1.54, 1.807) is 25.3 Å². The maximum absolute atomic E-state index is 13.9. The number of hydrogen-bond acceptors (Lipinski definition) is 1. The Morgan fingerprint density at radius 1 is 1.22 bits per heavy atom. The molecule has 1 heterocycles. The lowest BCUT2D eigenvalue weighted by Crippen LogP contribution is -2.05. The van der Waals surface area contributed by atoms with Crippen LogP contribution in [-0.2, 0) is 6.42 Å². The van der Waals surface area contributed by atoms with Gasteiger partial charge in [-0.05, 0) is 30.7 Å². The van der Waals surface area contributed by atoms with Crippen LogP contribution in [-0.4, -0.2) is 4.98 Å². The van der Waals surface area contributed by atoms with E-state index in [0.29, 0.717) is 17.7 Å². The molecule has 18 heavy (non-hydrogen) atoms. The molecular formula is C14H12ClF2N. The standard InChI is InChI=1S/C14H12ClF2N/c1-9-5-6-12(16)13(14(9)17)11(15)8-10-4-2-3-7-18-10/h2-7,11H,8H2,1H3. The van der Waals surface area contributed by atoms with Crippen LogP contribution in [0.2, 0.25) is 0 Å². The summed E-state index contributed by atoms with van der Waals surface area (Å²) >= 11 is 6.10. The number of rotatable bonds is 3. The molecule has 94 valence electrons. The van der Waals surface area contributed by atoms with Gasteiger partial charge in [0.1, 0.15) is 11.6 Å². The van der Waals surface area contributed by atoms with Gasteiger partial charge < -0.3 is 0 Å². The second kappa shape index (κ2) is 5.44. The van der Waals surface area contributed by atoms with E-state index in [0.717, 1.165) is 0 Å². The number of nitrogens with zero attached hydrogens (tertiary/aromatic N) is 1. The van der Waals surface area contributed by atoms with Gasteiger partial charge >= 0.3 is 0 Å². The first-order valence-corrected chi connectivity index (χ1v) is 6.01. The molecule has 2 rings (SSSR count). The predicted molar refractivity (Wildman–Crippen MR) is 67.6 cm³/mol. The molecule has 1 aromatic carbocycles. The number of benzene rings is 1. The largest absolute Gasteiger partial charge is 0.261 e. The Hall–Kier alpha value is -1.48. The first-order valence-electron chi connectivity index (χ1n) is 5.58. The highest BCUT2D eigenvalue weighted by Gasteiger charge is 2.20. The number of alkyl halides is 1. The fourth-order valence-corrected chi connectivity index (χ4v) is 2.13. The van der Waals surface area contributed by atoms with Gasteiger partial charge in [0.2, 0.25) is 0 Å². The Kier molecular flexibility index (Phi) is 3.92. The van der Waals surface area contributed by atoms with E-state index in [9.17, 15) is 8.78 Å². The highest BCUT2D eigenvalue weighted by atomic mass is 35.5. The molecule has 0 amide bonds. The number of halogens is 3. The first kappa shape index (κ1) is 13.0. The van der Waals surface area contributed by atoms with E-state index in [-0.39, 0.29) is 5.56 Å². The van der Waals surface area contributed by atoms with Gasteiger partial charge in [0, 0.05) is 23.9 Å². The Morgan fingerprint density at radius 3 is 2.67 bits per heavy atom. The minimum Gasteiger partial charge on any atom is -0.261 e. The summed E-state index contributed by atoms with van der Waals surface area (Å²) in [7, 11) is 0. The predicted octanol–water partition coefficient (Wildman–Crippen LogP) is 4.19. The van der Waals surface area contributed by atoms with E-state index in [2.05, 4.69) is 4.98 Å². The third-order valence-corrected chi connectivity index (χ3v) is 3.12. The Bertz CT molecular complexity index is 543. The van der Waals surface area contributed by atoms with Gasteiger partial charge in [-0.2, -0.15) is 0 Å². The first-order chi connectivity index (χ1) is 8.59. The average Bonchev–Trinajstić information content (AvgIpc) is 2.36. The summed E-state index contributed by atoms with van der Waals surface area (Å²) in [4.78, 5) is 4.10. The molecule has 4 heteroatoms. The van der Waals surface area contributed by atoms with Crippen molar-refractivity contribution in [3.05, 3.63) is 65.0 Å². The molecule has 0 saturated carbocycles. The van der Waals surface area contributed by atoms with Gasteiger partial charge in [0.15, 0.2) is 0 Å². The van der Waals surface area contributed by atoms with Gasteiger partial charge in [-0.25, -0.2) is 8.78 Å². The average molecular weight is 268 g/mol. The van der Waals surface area contributed by atoms with Gasteiger partial charge in [-0.1, -0.05) is 12.1 Å². The minimum atomic E-state index is -0.764. The molecule has 0 aliphatic rings. The normalized spacial score (nSPS) is 12.4. The second-order valence-corrected chi connectivity index (χ2v) is 4.61. The van der Waals surface area contributed by atoms with Crippen molar-refractivity contribution in [3.63, 3.8) is 0 Å². The van der Waals surface area contributed by atoms with Crippen molar-refractivity contribution in [1.82, 2.24) is 4.98 Å². The van der Waals surface area contributed by atoms with Crippen LogP contribution in [0, 0.1) is 18.6 Å². The number of pyridine rings is 1. The molecule has 0 radical (unpaired) electrons. The molecule has 0 bridgehead atoms. The molecule has 0 aliphatic carbocycles. The molecule has 0 N–H and O–H groups in total. The Labute approximate surface area is 109 Å². The third kappa shape index (κ3) is 2.67. The molecule has 0 saturated heterocycles. The molecule has 1 unspecified atom stereocenters. The lowest BCUT2D eigenvalue weighted by Gasteiger charge is -2.13. The van der Waals surface area contributed by atoms with Crippen molar-refractivity contribution in [2.45, 2.75) is 18.7 Å². The van der Waals surface area contributed by atoms with Crippen LogP contribution in [0.25, 0.3) is 0 Å². The van der Waals surface area contributed by atoms with Crippen LogP contribution >= 0.6 is 11.6 Å². The van der Waals surface area contributed by atoms with E-state index >= 15 is 0 Å². The molecule has 0 spiro atoms. The molecule has 0 fully saturated rings. The molecule has 1 atom stereocenters. The van der Waals surface area contributed by atoms with Gasteiger partial charge in [-0.15, -0.1) is 11.6 Å². The van der Waals surface area contributed by atoms with Crippen molar-refractivity contribution in [2.75, 3.05) is 0 Å². The van der Waals surface area contributed by atoms with Crippen molar-refractivity contribution in [2.24, 2.45) is 0 Å². The van der Waals surface area contributed by atoms with E-state index < -0.39 is 17.0 Å². The van der Waals surface area contributed by atoms with Crippen molar-refractivity contribution >= 4 is 11.6 Å². The summed E-state index contributed by atoms with van der Waals surface area (Å²) in [6.45, 7) is 1.59. The van der Waals surface area contributed by atoms with Crippen LogP contribution in [0.4, 0.5) is 8.78 Å². The maximum atomic E-state index is 13.9. The topological polar surface area (TPSA) is 12.9 Å². The molecule has 0 aliphatic heterocycles. The summed E-state index contributed by atoms with van der Waals surface area (Å²) in [5.74, 6) is -1.19. The summed E-state index contributed by atoms with van der Waals surface area (Å²) in [6.07, 6.45) is 1.92. The zero-order valence-electron chi connectivity index (χ0n) is 9.83. The van der Waals surface area contributed by atoms with E-state index in [1.165, 1.54) is 12.1 Å². The Morgan fingerprint density at radius 2 is 2.00 bits per heavy atom. The molecule has 1 nitrogen and oxygen atoms in total. The van der Waals surface area contributed by atoms with Crippen LogP contribution in [0.3, 0.4) is 0 Å². The van der Waals surface area contributed by atoms with Gasteiger partial charge in [-0.3, -0.25) is 4.98 Å². The summed E-state index contributed by atoms with van der Waals surface area (Å²) < 4.78 is 27.5. The van der Waals surface area contributed by atoms with Crippen LogP contribution in [0.15, 0.2) is 36.5 Å². The van der Waals surface area contributed by atoms with Crippen LogP contribution in [0.1, 0.15) is 22.2 Å². The number of hydrogen-bond donors (Lipinski definition) is 0. The molecule has 2 aromatic rings. The maximum Gasteiger partial charge on any atom is 0.133 e. The van der Waals surface area contributed by atoms with Crippen molar-refractivity contribution in [3.8, 4) is 0 Å². The summed E-state index contributed by atoms with van der Waals surface area (Å²) in [5, 5.41) is -0.764. The minimum absolute atomic E-state index is 0.0812. The fourth-order valence-electron chi connectivity index (χ4n) is 1.77. The monoisotopic (exact) mass is 267 g/mol. The smallest absolute Gasteiger partial charge is 0.133 e. The van der Waals surface area contributed by atoms with Crippen LogP contribution < -0.4 is 0 Å². The quantitative estimate of drug-likeness (QED) is 0.760. The Balaban J connectivity index is 2.29. The number of aromatic nitrogens is 1. The second-order valence-electron chi connectivity index (χ2n) is 4.08. The highest BCUT2D eigenvalue weighted by Crippen LogP contribution is 2.30. The third-order valence-electron chi connectivity index (χ3n) is 2.75. The van der Waals surface area contributed by atoms with Crippen molar-refractivity contribution in [1.29, 1.82) is 0 Å². The SMILES string of the molecule is Cc1ccc(F)c(C(Cl)Cc2ccccn2)c1F. The number of aryl methyl sites for hydroxylation is 1. The zero-order valence-corrected chi connectivity index (χ0v) is 10.6. The zero-order chi connectivity index (χ0) is 13.1. The summed E-state index contributed by atoms with van der Waals surface area (Å²) in [6, 6.07) is 8.01. The fraction of sp³-hybridized carbons (Fsp3) is 0.214. The molecule has 1 aromatic heterocycles.